The first-order chi connectivity index (χ1) is 22.2. The van der Waals surface area contributed by atoms with E-state index >= 15 is 0 Å². The first-order valence-corrected chi connectivity index (χ1v) is 15.6. The Bertz CT molecular complexity index is 1890. The lowest BCUT2D eigenvalue weighted by molar-refractivity contribution is -0.118. The monoisotopic (exact) mass is 673 g/mol. The van der Waals surface area contributed by atoms with Crippen molar-refractivity contribution in [2.75, 3.05) is 24.4 Å². The van der Waals surface area contributed by atoms with Gasteiger partial charge in [0.05, 0.1) is 24.0 Å². The van der Waals surface area contributed by atoms with Crippen molar-refractivity contribution in [3.63, 3.8) is 0 Å². The van der Waals surface area contributed by atoms with Gasteiger partial charge in [-0.05, 0) is 79.6 Å². The zero-order valence-electron chi connectivity index (χ0n) is 25.1. The number of ether oxygens (including phenoxy) is 2. The number of hydrazone groups is 1. The molecule has 3 N–H and O–H groups in total. The van der Waals surface area contributed by atoms with Crippen LogP contribution in [0, 0.1) is 13.8 Å². The zero-order chi connectivity index (χ0) is 32.6. The molecule has 12 heteroatoms. The molecule has 0 aliphatic rings. The molecule has 1 heterocycles. The number of hydrogen-bond donors (Lipinski definition) is 3. The summed E-state index contributed by atoms with van der Waals surface area (Å²) in [5.41, 5.74) is 8.79. The van der Waals surface area contributed by atoms with Crippen LogP contribution in [0.25, 0.3) is 11.3 Å². The van der Waals surface area contributed by atoms with E-state index < -0.39 is 0 Å². The van der Waals surface area contributed by atoms with E-state index in [-0.39, 0.29) is 29.2 Å². The Morgan fingerprint density at radius 2 is 1.74 bits per heavy atom. The largest absolute Gasteiger partial charge is 0.493 e. The van der Waals surface area contributed by atoms with E-state index in [4.69, 9.17) is 32.7 Å². The molecular formula is C34H29Cl2N5O4S. The van der Waals surface area contributed by atoms with Crippen LogP contribution in [0.2, 0.25) is 10.0 Å². The topological polar surface area (TPSA) is 114 Å². The number of methoxy groups -OCH3 is 1. The number of benzene rings is 4. The average Bonchev–Trinajstić information content (AvgIpc) is 3.51. The number of carbonyl (C=O) groups excluding carboxylic acids is 2. The summed E-state index contributed by atoms with van der Waals surface area (Å²) in [6.07, 6.45) is 1.43. The third-order valence-electron chi connectivity index (χ3n) is 6.68. The Morgan fingerprint density at radius 3 is 2.46 bits per heavy atom. The van der Waals surface area contributed by atoms with Gasteiger partial charge in [0.25, 0.3) is 11.8 Å². The predicted molar refractivity (Wildman–Crippen MR) is 185 cm³/mol. The Kier molecular flexibility index (Phi) is 10.5. The second kappa shape index (κ2) is 14.9. The molecule has 2 amide bonds. The standard InChI is InChI=1S/C34H29Cl2N5O4S/c1-20-4-13-28(21(2)14-20)39-31(42)18-45-32-27(36)15-22(16-30(32)44-3)17-37-41-33(43)24-7-5-23(6-8-24)29-19-46-34(40-29)38-26-11-9-25(35)10-12-26/h4-17,19H,18H2,1-3H3,(H,38,40)(H,39,42)(H,41,43)/b37-17-. The van der Waals surface area contributed by atoms with E-state index in [1.165, 1.54) is 24.7 Å². The summed E-state index contributed by atoms with van der Waals surface area (Å²) in [6, 6.07) is 23.4. The number of carbonyl (C=O) groups is 2. The number of aromatic nitrogens is 1. The second-order valence-corrected chi connectivity index (χ2v) is 11.8. The highest BCUT2D eigenvalue weighted by Gasteiger charge is 2.15. The molecule has 0 aliphatic heterocycles. The number of amides is 2. The van der Waals surface area contributed by atoms with E-state index in [1.807, 2.05) is 73.8 Å². The highest BCUT2D eigenvalue weighted by atomic mass is 35.5. The van der Waals surface area contributed by atoms with Gasteiger partial charge in [-0.15, -0.1) is 11.3 Å². The fraction of sp³-hybridized carbons (Fsp3) is 0.118. The minimum absolute atomic E-state index is 0.217. The molecule has 234 valence electrons. The maximum atomic E-state index is 12.7. The summed E-state index contributed by atoms with van der Waals surface area (Å²) < 4.78 is 11.1. The van der Waals surface area contributed by atoms with E-state index in [9.17, 15) is 9.59 Å². The molecule has 0 spiro atoms. The molecule has 0 fully saturated rings. The van der Waals surface area contributed by atoms with Crippen molar-refractivity contribution >= 4 is 69.1 Å². The fourth-order valence-electron chi connectivity index (χ4n) is 4.38. The molecule has 4 aromatic carbocycles. The molecule has 0 unspecified atom stereocenters. The molecule has 0 radical (unpaired) electrons. The molecule has 0 saturated heterocycles. The molecule has 46 heavy (non-hydrogen) atoms. The van der Waals surface area contributed by atoms with Crippen molar-refractivity contribution in [2.24, 2.45) is 5.10 Å². The molecule has 0 aliphatic carbocycles. The molecule has 5 rings (SSSR count). The lowest BCUT2D eigenvalue weighted by atomic mass is 10.1. The number of halogens is 2. The minimum Gasteiger partial charge on any atom is -0.493 e. The number of nitrogens with zero attached hydrogens (tertiary/aromatic N) is 2. The number of rotatable bonds is 11. The van der Waals surface area contributed by atoms with Crippen LogP contribution < -0.4 is 25.5 Å². The predicted octanol–water partition coefficient (Wildman–Crippen LogP) is 8.27. The first kappa shape index (κ1) is 32.5. The van der Waals surface area contributed by atoms with Gasteiger partial charge < -0.3 is 20.1 Å². The van der Waals surface area contributed by atoms with Crippen LogP contribution in [-0.4, -0.2) is 36.7 Å². The SMILES string of the molecule is COc1cc(/C=N\NC(=O)c2ccc(-c3csc(Nc4ccc(Cl)cc4)n3)cc2)cc(Cl)c1OCC(=O)Nc1ccc(C)cc1C. The van der Waals surface area contributed by atoms with Gasteiger partial charge in [-0.25, -0.2) is 10.4 Å². The summed E-state index contributed by atoms with van der Waals surface area (Å²) in [7, 11) is 1.46. The molecule has 0 saturated carbocycles. The molecule has 5 aromatic rings. The van der Waals surface area contributed by atoms with Crippen molar-refractivity contribution in [1.82, 2.24) is 10.4 Å². The Balaban J connectivity index is 1.16. The fourth-order valence-corrected chi connectivity index (χ4v) is 5.51. The van der Waals surface area contributed by atoms with Crippen molar-refractivity contribution < 1.29 is 19.1 Å². The smallest absolute Gasteiger partial charge is 0.271 e. The van der Waals surface area contributed by atoms with E-state index in [0.717, 1.165) is 33.2 Å². The number of hydrogen-bond acceptors (Lipinski definition) is 8. The zero-order valence-corrected chi connectivity index (χ0v) is 27.4. The van der Waals surface area contributed by atoms with Gasteiger partial charge in [0, 0.05) is 32.9 Å². The van der Waals surface area contributed by atoms with Crippen LogP contribution in [-0.2, 0) is 4.79 Å². The minimum atomic E-state index is -0.390. The maximum Gasteiger partial charge on any atom is 0.271 e. The maximum absolute atomic E-state index is 12.7. The summed E-state index contributed by atoms with van der Waals surface area (Å²) in [5, 5.41) is 13.7. The summed E-state index contributed by atoms with van der Waals surface area (Å²) in [5.74, 6) is -0.203. The second-order valence-electron chi connectivity index (χ2n) is 10.1. The van der Waals surface area contributed by atoms with Crippen LogP contribution in [0.15, 0.2) is 89.3 Å². The number of thiazole rings is 1. The lowest BCUT2D eigenvalue weighted by Crippen LogP contribution is -2.21. The summed E-state index contributed by atoms with van der Waals surface area (Å²) >= 11 is 13.9. The summed E-state index contributed by atoms with van der Waals surface area (Å²) in [4.78, 5) is 29.8. The molecular weight excluding hydrogens is 645 g/mol. The molecule has 0 bridgehead atoms. The highest BCUT2D eigenvalue weighted by Crippen LogP contribution is 2.36. The average molecular weight is 675 g/mol. The van der Waals surface area contributed by atoms with Crippen molar-refractivity contribution in [1.29, 1.82) is 0 Å². The quantitative estimate of drug-likeness (QED) is 0.0961. The molecule has 1 aromatic heterocycles. The van der Waals surface area contributed by atoms with Gasteiger partial charge in [0.1, 0.15) is 0 Å². The first-order valence-electron chi connectivity index (χ1n) is 14.0. The summed E-state index contributed by atoms with van der Waals surface area (Å²) in [6.45, 7) is 3.64. The molecule has 9 nitrogen and oxygen atoms in total. The third kappa shape index (κ3) is 8.42. The third-order valence-corrected chi connectivity index (χ3v) is 7.97. The van der Waals surface area contributed by atoms with Crippen molar-refractivity contribution in [3.8, 4) is 22.8 Å². The van der Waals surface area contributed by atoms with Crippen molar-refractivity contribution in [2.45, 2.75) is 13.8 Å². The van der Waals surface area contributed by atoms with Crippen LogP contribution >= 0.6 is 34.5 Å². The van der Waals surface area contributed by atoms with Crippen LogP contribution in [0.4, 0.5) is 16.5 Å². The Hall–Kier alpha value is -4.90. The highest BCUT2D eigenvalue weighted by molar-refractivity contribution is 7.14. The van der Waals surface area contributed by atoms with Crippen molar-refractivity contribution in [3.05, 3.63) is 117 Å². The number of aryl methyl sites for hydroxylation is 2. The van der Waals surface area contributed by atoms with Gasteiger partial charge in [-0.2, -0.15) is 5.10 Å². The van der Waals surface area contributed by atoms with Crippen LogP contribution in [0.1, 0.15) is 27.0 Å². The Labute approximate surface area is 280 Å². The normalized spacial score (nSPS) is 10.9. The van der Waals surface area contributed by atoms with Gasteiger partial charge >= 0.3 is 0 Å². The van der Waals surface area contributed by atoms with E-state index in [0.29, 0.717) is 27.6 Å². The number of nitrogens with one attached hydrogen (secondary N) is 3. The van der Waals surface area contributed by atoms with E-state index in [2.05, 4.69) is 26.1 Å². The molecule has 0 atom stereocenters. The van der Waals surface area contributed by atoms with E-state index in [1.54, 1.807) is 24.3 Å². The number of anilines is 3. The van der Waals surface area contributed by atoms with Crippen LogP contribution in [0.5, 0.6) is 11.5 Å². The van der Waals surface area contributed by atoms with Gasteiger partial charge in [0.15, 0.2) is 23.2 Å². The van der Waals surface area contributed by atoms with Crippen LogP contribution in [0.3, 0.4) is 0 Å². The Morgan fingerprint density at radius 1 is 0.978 bits per heavy atom. The van der Waals surface area contributed by atoms with Gasteiger partial charge in [-0.1, -0.05) is 53.0 Å². The lowest BCUT2D eigenvalue weighted by Gasteiger charge is -2.14. The van der Waals surface area contributed by atoms with Gasteiger partial charge in [0.2, 0.25) is 0 Å². The van der Waals surface area contributed by atoms with Gasteiger partial charge in [-0.3, -0.25) is 9.59 Å².